The van der Waals surface area contributed by atoms with Crippen LogP contribution in [0, 0.1) is 13.8 Å². The molecule has 1 amide bonds. The number of oxime groups is 1. The van der Waals surface area contributed by atoms with E-state index in [1.165, 1.54) is 5.56 Å². The van der Waals surface area contributed by atoms with E-state index in [1.807, 2.05) is 41.6 Å². The van der Waals surface area contributed by atoms with E-state index in [0.29, 0.717) is 19.5 Å². The second-order valence-corrected chi connectivity index (χ2v) is 7.98. The van der Waals surface area contributed by atoms with E-state index in [1.54, 1.807) is 6.20 Å². The third-order valence-electron chi connectivity index (χ3n) is 5.76. The number of anilines is 1. The maximum absolute atomic E-state index is 13.0. The summed E-state index contributed by atoms with van der Waals surface area (Å²) < 4.78 is 1.92. The van der Waals surface area contributed by atoms with Crippen molar-refractivity contribution in [2.45, 2.75) is 39.8 Å². The Bertz CT molecular complexity index is 947. The Morgan fingerprint density at radius 1 is 1.24 bits per heavy atom. The lowest BCUT2D eigenvalue weighted by Gasteiger charge is -2.37. The van der Waals surface area contributed by atoms with Crippen molar-refractivity contribution in [2.24, 2.45) is 5.16 Å². The third-order valence-corrected chi connectivity index (χ3v) is 6.00. The molecule has 1 aromatic heterocycles. The number of rotatable bonds is 4. The number of carbonyl (C=O) groups excluding carboxylic acids is 1. The first kappa shape index (κ1) is 19.8. The molecule has 0 spiro atoms. The van der Waals surface area contributed by atoms with E-state index in [9.17, 15) is 4.79 Å². The first-order chi connectivity index (χ1) is 14.0. The summed E-state index contributed by atoms with van der Waals surface area (Å²) in [5, 5.41) is 9.28. The zero-order valence-electron chi connectivity index (χ0n) is 17.1. The Labute approximate surface area is 175 Å². The first-order valence-corrected chi connectivity index (χ1v) is 10.4. The van der Waals surface area contributed by atoms with Crippen LogP contribution in [0.1, 0.15) is 30.2 Å². The molecule has 0 saturated carbocycles. The van der Waals surface area contributed by atoms with Crippen LogP contribution in [0.5, 0.6) is 0 Å². The number of aromatic nitrogens is 2. The molecule has 3 heterocycles. The summed E-state index contributed by atoms with van der Waals surface area (Å²) in [7, 11) is 0. The van der Waals surface area contributed by atoms with Crippen molar-refractivity contribution in [1.82, 2.24) is 14.7 Å². The quantitative estimate of drug-likeness (QED) is 0.770. The minimum Gasteiger partial charge on any atom is -0.382 e. The maximum atomic E-state index is 13.0. The SMILES string of the molecule is CCn1ncc(C2=NOC(C(=O)N3CCN(c4cc(Cl)ccc4C)CC3)C2)c1C. The van der Waals surface area contributed by atoms with Crippen molar-refractivity contribution in [2.75, 3.05) is 31.1 Å². The standard InChI is InChI=1S/C21H26ClN5O2/c1-4-27-15(3)17(13-23-27)18-12-20(29-24-18)21(28)26-9-7-25(8-10-26)19-11-16(22)6-5-14(19)2/h5-6,11,13,20H,4,7-10,12H2,1-3H3. The lowest BCUT2D eigenvalue weighted by molar-refractivity contribution is -0.142. The van der Waals surface area contributed by atoms with Gasteiger partial charge < -0.3 is 14.6 Å². The number of nitrogens with zero attached hydrogens (tertiary/aromatic N) is 5. The van der Waals surface area contributed by atoms with E-state index in [-0.39, 0.29) is 5.91 Å². The van der Waals surface area contributed by atoms with E-state index in [4.69, 9.17) is 16.4 Å². The molecule has 29 heavy (non-hydrogen) atoms. The van der Waals surface area contributed by atoms with Crippen LogP contribution in [-0.4, -0.2) is 58.6 Å². The molecule has 1 saturated heterocycles. The van der Waals surface area contributed by atoms with Gasteiger partial charge in [0.2, 0.25) is 6.10 Å². The highest BCUT2D eigenvalue weighted by molar-refractivity contribution is 6.30. The van der Waals surface area contributed by atoms with Crippen molar-refractivity contribution in [3.05, 3.63) is 46.2 Å². The molecular weight excluding hydrogens is 390 g/mol. The van der Waals surface area contributed by atoms with Crippen molar-refractivity contribution < 1.29 is 9.63 Å². The molecule has 7 nitrogen and oxygen atoms in total. The van der Waals surface area contributed by atoms with Crippen LogP contribution in [0.2, 0.25) is 5.02 Å². The molecule has 0 radical (unpaired) electrons. The number of halogens is 1. The van der Waals surface area contributed by atoms with E-state index >= 15 is 0 Å². The highest BCUT2D eigenvalue weighted by Crippen LogP contribution is 2.26. The zero-order chi connectivity index (χ0) is 20.5. The Balaban J connectivity index is 1.36. The van der Waals surface area contributed by atoms with Crippen LogP contribution >= 0.6 is 11.6 Å². The Morgan fingerprint density at radius 2 is 2.00 bits per heavy atom. The molecule has 154 valence electrons. The molecule has 2 aliphatic heterocycles. The fraction of sp³-hybridized carbons (Fsp3) is 0.476. The minimum atomic E-state index is -0.547. The van der Waals surface area contributed by atoms with Crippen LogP contribution < -0.4 is 4.90 Å². The van der Waals surface area contributed by atoms with Gasteiger partial charge in [-0.05, 0) is 38.5 Å². The van der Waals surface area contributed by atoms with Crippen LogP contribution in [-0.2, 0) is 16.2 Å². The summed E-state index contributed by atoms with van der Waals surface area (Å²) in [5.41, 5.74) is 5.13. The normalized spacial score (nSPS) is 19.3. The molecule has 1 atom stereocenters. The van der Waals surface area contributed by atoms with Gasteiger partial charge >= 0.3 is 0 Å². The zero-order valence-corrected chi connectivity index (χ0v) is 17.8. The first-order valence-electron chi connectivity index (χ1n) is 10.0. The van der Waals surface area contributed by atoms with Crippen LogP contribution in [0.4, 0.5) is 5.69 Å². The summed E-state index contributed by atoms with van der Waals surface area (Å²) in [4.78, 5) is 22.6. The third kappa shape index (κ3) is 3.83. The van der Waals surface area contributed by atoms with Gasteiger partial charge in [-0.25, -0.2) is 0 Å². The Hall–Kier alpha value is -2.54. The molecule has 1 fully saturated rings. The van der Waals surface area contributed by atoms with Gasteiger partial charge in [0.1, 0.15) is 0 Å². The Morgan fingerprint density at radius 3 is 2.69 bits per heavy atom. The predicted octanol–water partition coefficient (Wildman–Crippen LogP) is 3.02. The topological polar surface area (TPSA) is 63.0 Å². The lowest BCUT2D eigenvalue weighted by Crippen LogP contribution is -2.51. The number of carbonyl (C=O) groups is 1. The summed E-state index contributed by atoms with van der Waals surface area (Å²) in [5.74, 6) is 0.00625. The van der Waals surface area contributed by atoms with Crippen LogP contribution in [0.15, 0.2) is 29.6 Å². The highest BCUT2D eigenvalue weighted by Gasteiger charge is 2.34. The van der Waals surface area contributed by atoms with Gasteiger partial charge in [-0.2, -0.15) is 5.10 Å². The summed E-state index contributed by atoms with van der Waals surface area (Å²) >= 11 is 6.16. The van der Waals surface area contributed by atoms with Gasteiger partial charge in [0.25, 0.3) is 5.91 Å². The van der Waals surface area contributed by atoms with Crippen LogP contribution in [0.3, 0.4) is 0 Å². The fourth-order valence-corrected chi connectivity index (χ4v) is 4.18. The van der Waals surface area contributed by atoms with Crippen molar-refractivity contribution in [3.8, 4) is 0 Å². The highest BCUT2D eigenvalue weighted by atomic mass is 35.5. The predicted molar refractivity (Wildman–Crippen MR) is 114 cm³/mol. The second-order valence-electron chi connectivity index (χ2n) is 7.54. The van der Waals surface area contributed by atoms with Gasteiger partial charge in [-0.3, -0.25) is 9.48 Å². The molecule has 0 bridgehead atoms. The second kappa shape index (κ2) is 8.06. The average Bonchev–Trinajstić information content (AvgIpc) is 3.36. The van der Waals surface area contributed by atoms with E-state index in [2.05, 4.69) is 22.1 Å². The molecule has 0 N–H and O–H groups in total. The largest absolute Gasteiger partial charge is 0.382 e. The van der Waals surface area contributed by atoms with Gasteiger partial charge in [0.05, 0.1) is 11.9 Å². The van der Waals surface area contributed by atoms with Gasteiger partial charge in [0.15, 0.2) is 0 Å². The molecule has 8 heteroatoms. The van der Waals surface area contributed by atoms with Crippen molar-refractivity contribution in [1.29, 1.82) is 0 Å². The molecule has 2 aromatic rings. The molecule has 1 unspecified atom stereocenters. The number of benzene rings is 1. The van der Waals surface area contributed by atoms with Gasteiger partial charge in [0, 0.05) is 61.1 Å². The van der Waals surface area contributed by atoms with E-state index in [0.717, 1.165) is 47.3 Å². The minimum absolute atomic E-state index is 0.00625. The molecule has 4 rings (SSSR count). The number of hydrogen-bond acceptors (Lipinski definition) is 5. The van der Waals surface area contributed by atoms with E-state index < -0.39 is 6.10 Å². The summed E-state index contributed by atoms with van der Waals surface area (Å²) in [6, 6.07) is 5.93. The molecule has 1 aromatic carbocycles. The average molecular weight is 416 g/mol. The number of piperazine rings is 1. The lowest BCUT2D eigenvalue weighted by atomic mass is 10.0. The number of hydrogen-bond donors (Lipinski definition) is 0. The molecule has 2 aliphatic rings. The maximum Gasteiger partial charge on any atom is 0.267 e. The van der Waals surface area contributed by atoms with Crippen molar-refractivity contribution >= 4 is 28.9 Å². The van der Waals surface area contributed by atoms with Gasteiger partial charge in [-0.15, -0.1) is 0 Å². The fourth-order valence-electron chi connectivity index (χ4n) is 4.01. The number of amides is 1. The number of aryl methyl sites for hydroxylation is 2. The molecule has 0 aliphatic carbocycles. The Kier molecular flexibility index (Phi) is 5.50. The molecular formula is C21H26ClN5O2. The van der Waals surface area contributed by atoms with Crippen molar-refractivity contribution in [3.63, 3.8) is 0 Å². The summed E-state index contributed by atoms with van der Waals surface area (Å²) in [6.07, 6.45) is 1.75. The summed E-state index contributed by atoms with van der Waals surface area (Å²) in [6.45, 7) is 9.81. The van der Waals surface area contributed by atoms with Crippen LogP contribution in [0.25, 0.3) is 0 Å². The van der Waals surface area contributed by atoms with Gasteiger partial charge in [-0.1, -0.05) is 22.8 Å². The smallest absolute Gasteiger partial charge is 0.267 e. The monoisotopic (exact) mass is 415 g/mol.